The van der Waals surface area contributed by atoms with E-state index in [1.54, 1.807) is 0 Å². The lowest BCUT2D eigenvalue weighted by atomic mass is 10.3. The van der Waals surface area contributed by atoms with E-state index in [0.29, 0.717) is 10.5 Å². The van der Waals surface area contributed by atoms with Crippen molar-refractivity contribution in [2.75, 3.05) is 5.73 Å². The fraction of sp³-hybridized carbons (Fsp3) is 0. The Balaban J connectivity index is 2.40. The lowest BCUT2D eigenvalue weighted by Gasteiger charge is -2.08. The van der Waals surface area contributed by atoms with Crippen molar-refractivity contribution < 1.29 is 8.78 Å². The van der Waals surface area contributed by atoms with Crippen LogP contribution in [-0.2, 0) is 0 Å². The van der Waals surface area contributed by atoms with Crippen LogP contribution in [0.4, 0.5) is 14.7 Å². The van der Waals surface area contributed by atoms with Gasteiger partial charge in [0.25, 0.3) is 0 Å². The third kappa shape index (κ3) is 1.80. The first-order valence-corrected chi connectivity index (χ1v) is 5.69. The molecule has 2 heterocycles. The first-order chi connectivity index (χ1) is 9.08. The Morgan fingerprint density at radius 3 is 2.58 bits per heavy atom. The summed E-state index contributed by atoms with van der Waals surface area (Å²) in [5.41, 5.74) is 6.01. The van der Waals surface area contributed by atoms with Gasteiger partial charge in [0.1, 0.15) is 22.8 Å². The summed E-state index contributed by atoms with van der Waals surface area (Å²) in [5.74, 6) is -1.56. The van der Waals surface area contributed by atoms with Gasteiger partial charge in [0.15, 0.2) is 5.65 Å². The lowest BCUT2D eigenvalue weighted by molar-refractivity contribution is 0.571. The molecule has 7 heteroatoms. The average molecular weight is 281 g/mol. The van der Waals surface area contributed by atoms with Crippen LogP contribution >= 0.6 is 11.6 Å². The molecule has 3 rings (SSSR count). The highest BCUT2D eigenvalue weighted by molar-refractivity contribution is 6.31. The second-order valence-corrected chi connectivity index (χ2v) is 4.31. The Kier molecular flexibility index (Phi) is 2.60. The molecule has 2 aromatic heterocycles. The number of anilines is 1. The average Bonchev–Trinajstić information content (AvgIpc) is 2.65. The Bertz CT molecular complexity index is 764. The predicted octanol–water partition coefficient (Wildman–Crippen LogP) is 2.93. The Morgan fingerprint density at radius 1 is 1.21 bits per heavy atom. The minimum atomic E-state index is -0.747. The van der Waals surface area contributed by atoms with Crippen LogP contribution in [0.3, 0.4) is 0 Å². The summed E-state index contributed by atoms with van der Waals surface area (Å²) >= 11 is 5.79. The molecule has 0 unspecified atom stereocenters. The zero-order valence-corrected chi connectivity index (χ0v) is 10.2. The highest BCUT2D eigenvalue weighted by Gasteiger charge is 2.18. The number of hydrogen-bond acceptors (Lipinski definition) is 3. The number of hydrogen-bond donors (Lipinski definition) is 1. The van der Waals surface area contributed by atoms with Gasteiger partial charge in [-0.1, -0.05) is 17.7 Å². The summed E-state index contributed by atoms with van der Waals surface area (Å²) in [6, 6.07) is 5.07. The molecule has 0 amide bonds. The Labute approximate surface area is 111 Å². The molecule has 0 spiro atoms. The van der Waals surface area contributed by atoms with E-state index in [2.05, 4.69) is 9.97 Å². The molecule has 0 aliphatic heterocycles. The van der Waals surface area contributed by atoms with E-state index in [9.17, 15) is 8.78 Å². The number of nitrogens with two attached hydrogens (primary N) is 1. The first kappa shape index (κ1) is 11.9. The number of nitrogen functional groups attached to an aromatic ring is 1. The third-order valence-electron chi connectivity index (χ3n) is 2.65. The molecule has 0 saturated heterocycles. The normalized spacial score (nSPS) is 11.1. The monoisotopic (exact) mass is 280 g/mol. The number of halogens is 3. The molecular weight excluding hydrogens is 274 g/mol. The van der Waals surface area contributed by atoms with E-state index >= 15 is 0 Å². The Morgan fingerprint density at radius 2 is 1.89 bits per heavy atom. The van der Waals surface area contributed by atoms with Crippen molar-refractivity contribution in [1.29, 1.82) is 0 Å². The van der Waals surface area contributed by atoms with E-state index in [-0.39, 0.29) is 17.3 Å². The molecule has 0 aliphatic carbocycles. The number of pyridine rings is 1. The fourth-order valence-corrected chi connectivity index (χ4v) is 2.03. The zero-order chi connectivity index (χ0) is 13.6. The molecular formula is C12H7ClF2N4. The minimum absolute atomic E-state index is 0.0613. The van der Waals surface area contributed by atoms with Crippen LogP contribution in [0.25, 0.3) is 16.9 Å². The van der Waals surface area contributed by atoms with Crippen molar-refractivity contribution in [2.45, 2.75) is 0 Å². The van der Waals surface area contributed by atoms with Crippen LogP contribution in [0.2, 0.25) is 5.02 Å². The number of para-hydroxylation sites is 1. The van der Waals surface area contributed by atoms with Gasteiger partial charge in [-0.15, -0.1) is 0 Å². The molecule has 19 heavy (non-hydrogen) atoms. The number of aromatic nitrogens is 3. The zero-order valence-electron chi connectivity index (χ0n) is 9.44. The summed E-state index contributed by atoms with van der Waals surface area (Å²) in [5, 5.41) is 0.367. The van der Waals surface area contributed by atoms with Crippen LogP contribution in [0, 0.1) is 11.6 Å². The van der Waals surface area contributed by atoms with Crippen LogP contribution < -0.4 is 5.73 Å². The molecule has 0 aliphatic rings. The maximum Gasteiger partial charge on any atom is 0.207 e. The highest BCUT2D eigenvalue weighted by Crippen LogP contribution is 2.26. The first-order valence-electron chi connectivity index (χ1n) is 5.32. The van der Waals surface area contributed by atoms with Gasteiger partial charge in [-0.25, -0.2) is 18.7 Å². The topological polar surface area (TPSA) is 56.7 Å². The second-order valence-electron chi connectivity index (χ2n) is 3.87. The summed E-state index contributed by atoms with van der Waals surface area (Å²) in [7, 11) is 0. The SMILES string of the molecule is Nc1nc2cc(Cl)cnc2n1-c1c(F)cccc1F. The standard InChI is InChI=1S/C12H7ClF2N4/c13-6-4-9-11(17-5-6)19(12(16)18-9)10-7(14)2-1-3-8(10)15/h1-5H,(H2,16,18). The van der Waals surface area contributed by atoms with E-state index in [1.165, 1.54) is 18.3 Å². The fourth-order valence-electron chi connectivity index (χ4n) is 1.88. The van der Waals surface area contributed by atoms with Crippen LogP contribution in [0.5, 0.6) is 0 Å². The molecule has 1 aromatic carbocycles. The summed E-state index contributed by atoms with van der Waals surface area (Å²) in [6.45, 7) is 0. The number of benzene rings is 1. The van der Waals surface area contributed by atoms with Gasteiger partial charge in [0, 0.05) is 6.20 Å². The van der Waals surface area contributed by atoms with Gasteiger partial charge in [-0.3, -0.25) is 4.57 Å². The second kappa shape index (κ2) is 4.17. The van der Waals surface area contributed by atoms with Crippen molar-refractivity contribution in [3.05, 3.63) is 47.1 Å². The number of imidazole rings is 1. The van der Waals surface area contributed by atoms with Gasteiger partial charge in [-0.05, 0) is 18.2 Å². The van der Waals surface area contributed by atoms with Gasteiger partial charge in [-0.2, -0.15) is 0 Å². The summed E-state index contributed by atoms with van der Waals surface area (Å²) in [6.07, 6.45) is 1.36. The third-order valence-corrected chi connectivity index (χ3v) is 2.86. The van der Waals surface area contributed by atoms with Crippen LogP contribution in [0.15, 0.2) is 30.5 Å². The van der Waals surface area contributed by atoms with Gasteiger partial charge >= 0.3 is 0 Å². The maximum absolute atomic E-state index is 13.8. The predicted molar refractivity (Wildman–Crippen MR) is 68.2 cm³/mol. The molecule has 0 bridgehead atoms. The highest BCUT2D eigenvalue weighted by atomic mass is 35.5. The van der Waals surface area contributed by atoms with E-state index in [1.807, 2.05) is 0 Å². The maximum atomic E-state index is 13.8. The molecule has 0 atom stereocenters. The minimum Gasteiger partial charge on any atom is -0.369 e. The van der Waals surface area contributed by atoms with Crippen molar-refractivity contribution in [3.8, 4) is 5.69 Å². The quantitative estimate of drug-likeness (QED) is 0.745. The molecule has 96 valence electrons. The number of fused-ring (bicyclic) bond motifs is 1. The number of nitrogens with zero attached hydrogens (tertiary/aromatic N) is 3. The number of rotatable bonds is 1. The molecule has 4 nitrogen and oxygen atoms in total. The summed E-state index contributed by atoms with van der Waals surface area (Å²) in [4.78, 5) is 8.01. The van der Waals surface area contributed by atoms with E-state index < -0.39 is 11.6 Å². The Hall–Kier alpha value is -2.21. The van der Waals surface area contributed by atoms with Crippen molar-refractivity contribution in [2.24, 2.45) is 0 Å². The van der Waals surface area contributed by atoms with Crippen molar-refractivity contribution in [1.82, 2.24) is 14.5 Å². The largest absolute Gasteiger partial charge is 0.369 e. The smallest absolute Gasteiger partial charge is 0.207 e. The van der Waals surface area contributed by atoms with Crippen LogP contribution in [-0.4, -0.2) is 14.5 Å². The molecule has 2 N–H and O–H groups in total. The molecule has 3 aromatic rings. The van der Waals surface area contributed by atoms with Crippen molar-refractivity contribution >= 4 is 28.7 Å². The lowest BCUT2D eigenvalue weighted by Crippen LogP contribution is -2.06. The van der Waals surface area contributed by atoms with Gasteiger partial charge < -0.3 is 5.73 Å². The molecule has 0 saturated carbocycles. The van der Waals surface area contributed by atoms with Crippen LogP contribution in [0.1, 0.15) is 0 Å². The molecule has 0 radical (unpaired) electrons. The van der Waals surface area contributed by atoms with E-state index in [0.717, 1.165) is 16.7 Å². The van der Waals surface area contributed by atoms with Gasteiger partial charge in [0.2, 0.25) is 5.95 Å². The van der Waals surface area contributed by atoms with E-state index in [4.69, 9.17) is 17.3 Å². The van der Waals surface area contributed by atoms with Gasteiger partial charge in [0.05, 0.1) is 5.02 Å². The summed E-state index contributed by atoms with van der Waals surface area (Å²) < 4.78 is 28.7. The molecule has 0 fully saturated rings. The van der Waals surface area contributed by atoms with Crippen molar-refractivity contribution in [3.63, 3.8) is 0 Å².